The molecule has 0 aliphatic rings. The molecular weight excluding hydrogens is 191 g/mol. The van der Waals surface area contributed by atoms with Crippen LogP contribution in [0.25, 0.3) is 0 Å². The normalized spacial score (nSPS) is 15.5. The van der Waals surface area contributed by atoms with Gasteiger partial charge in [0.1, 0.15) is 0 Å². The van der Waals surface area contributed by atoms with Crippen LogP contribution in [0.3, 0.4) is 0 Å². The second-order valence-corrected chi connectivity index (χ2v) is 2.25. The molecule has 0 bridgehead atoms. The molecule has 7 heteroatoms. The van der Waals surface area contributed by atoms with Crippen LogP contribution in [-0.2, 0) is 15.5 Å². The second kappa shape index (κ2) is 8.42. The molecule has 0 amide bonds. The van der Waals surface area contributed by atoms with Crippen molar-refractivity contribution in [2.24, 2.45) is 0 Å². The summed E-state index contributed by atoms with van der Waals surface area (Å²) < 4.78 is 23.3. The fourth-order valence-electron chi connectivity index (χ4n) is 0.179. The van der Waals surface area contributed by atoms with Gasteiger partial charge in [-0.05, 0) is 0 Å². The SMILES string of the molecule is O=S([O-])OCC(O)CCl.[H-].[Na+]. The second-order valence-electron chi connectivity index (χ2n) is 1.30. The molecule has 58 valence electrons. The van der Waals surface area contributed by atoms with E-state index in [4.69, 9.17) is 16.7 Å². The number of halogens is 1. The van der Waals surface area contributed by atoms with Crippen molar-refractivity contribution in [3.8, 4) is 0 Å². The summed E-state index contributed by atoms with van der Waals surface area (Å²) in [6.07, 6.45) is -0.912. The van der Waals surface area contributed by atoms with Crippen molar-refractivity contribution in [1.82, 2.24) is 0 Å². The Morgan fingerprint density at radius 2 is 2.40 bits per heavy atom. The van der Waals surface area contributed by atoms with E-state index >= 15 is 0 Å². The van der Waals surface area contributed by atoms with Gasteiger partial charge in [0.25, 0.3) is 0 Å². The third-order valence-corrected chi connectivity index (χ3v) is 1.22. The third kappa shape index (κ3) is 9.32. The first-order valence-electron chi connectivity index (χ1n) is 2.13. The monoisotopic (exact) mass is 197 g/mol. The summed E-state index contributed by atoms with van der Waals surface area (Å²) in [4.78, 5) is 0. The van der Waals surface area contributed by atoms with Gasteiger partial charge in [-0.1, -0.05) is 0 Å². The van der Waals surface area contributed by atoms with Crippen molar-refractivity contribution in [3.05, 3.63) is 0 Å². The Morgan fingerprint density at radius 3 is 2.70 bits per heavy atom. The van der Waals surface area contributed by atoms with Gasteiger partial charge in [0, 0.05) is 0 Å². The molecule has 2 unspecified atom stereocenters. The van der Waals surface area contributed by atoms with Gasteiger partial charge in [-0.3, -0.25) is 4.18 Å². The van der Waals surface area contributed by atoms with Crippen molar-refractivity contribution in [1.29, 1.82) is 0 Å². The quantitative estimate of drug-likeness (QED) is 0.289. The van der Waals surface area contributed by atoms with Gasteiger partial charge >= 0.3 is 29.6 Å². The van der Waals surface area contributed by atoms with Crippen molar-refractivity contribution in [2.75, 3.05) is 12.5 Å². The van der Waals surface area contributed by atoms with Crippen LogP contribution in [0.4, 0.5) is 0 Å². The molecule has 0 aromatic heterocycles. The van der Waals surface area contributed by atoms with E-state index in [0.29, 0.717) is 0 Å². The van der Waals surface area contributed by atoms with Crippen LogP contribution in [0, 0.1) is 0 Å². The van der Waals surface area contributed by atoms with Gasteiger partial charge in [0.2, 0.25) is 0 Å². The maximum atomic E-state index is 9.64. The van der Waals surface area contributed by atoms with Gasteiger partial charge in [0.15, 0.2) is 0 Å². The minimum absolute atomic E-state index is 0. The summed E-state index contributed by atoms with van der Waals surface area (Å²) in [6.45, 7) is -0.278. The van der Waals surface area contributed by atoms with Crippen LogP contribution in [0.2, 0.25) is 0 Å². The Hall–Kier alpha value is 1.32. The summed E-state index contributed by atoms with van der Waals surface area (Å²) in [6, 6.07) is 0. The Bertz CT molecular complexity index is 107. The zero-order valence-corrected chi connectivity index (χ0v) is 9.02. The van der Waals surface area contributed by atoms with E-state index in [0.717, 1.165) is 0 Å². The predicted octanol–water partition coefficient (Wildman–Crippen LogP) is -3.49. The van der Waals surface area contributed by atoms with E-state index < -0.39 is 17.5 Å². The average Bonchev–Trinajstić information content (AvgIpc) is 1.83. The fraction of sp³-hybridized carbons (Fsp3) is 1.00. The summed E-state index contributed by atoms with van der Waals surface area (Å²) >= 11 is 2.55. The number of hydrogen-bond donors (Lipinski definition) is 1. The minimum Gasteiger partial charge on any atom is -1.00 e. The summed E-state index contributed by atoms with van der Waals surface area (Å²) in [7, 11) is 0. The number of aliphatic hydroxyl groups excluding tert-OH is 1. The van der Waals surface area contributed by atoms with E-state index in [1.54, 1.807) is 0 Å². The molecule has 0 heterocycles. The van der Waals surface area contributed by atoms with Crippen molar-refractivity contribution in [2.45, 2.75) is 6.10 Å². The van der Waals surface area contributed by atoms with Gasteiger partial charge in [0.05, 0.1) is 30.0 Å². The summed E-state index contributed by atoms with van der Waals surface area (Å²) in [5.41, 5.74) is 0. The maximum absolute atomic E-state index is 9.64. The van der Waals surface area contributed by atoms with Crippen LogP contribution in [-0.4, -0.2) is 32.5 Å². The van der Waals surface area contributed by atoms with Crippen molar-refractivity contribution in [3.63, 3.8) is 0 Å². The van der Waals surface area contributed by atoms with Gasteiger partial charge in [-0.2, -0.15) is 0 Å². The van der Waals surface area contributed by atoms with Gasteiger partial charge in [-0.25, -0.2) is 4.21 Å². The average molecular weight is 198 g/mol. The first-order chi connectivity index (χ1) is 4.16. The number of alkyl halides is 1. The number of aliphatic hydroxyl groups is 1. The summed E-state index contributed by atoms with van der Waals surface area (Å²) in [5.74, 6) is -0.0306. The molecule has 0 aliphatic heterocycles. The van der Waals surface area contributed by atoms with Crippen LogP contribution in [0.15, 0.2) is 0 Å². The molecule has 0 aromatic rings. The largest absolute Gasteiger partial charge is 1.00 e. The first kappa shape index (κ1) is 13.9. The van der Waals surface area contributed by atoms with E-state index in [9.17, 15) is 8.76 Å². The van der Waals surface area contributed by atoms with Crippen molar-refractivity contribution >= 4 is 23.0 Å². The molecule has 0 spiro atoms. The van der Waals surface area contributed by atoms with E-state index in [1.165, 1.54) is 0 Å². The Morgan fingerprint density at radius 1 is 1.90 bits per heavy atom. The van der Waals surface area contributed by atoms with Crippen molar-refractivity contribution < 1.29 is 49.0 Å². The topological polar surface area (TPSA) is 69.6 Å². The zero-order chi connectivity index (χ0) is 7.28. The molecule has 0 aliphatic carbocycles. The standard InChI is InChI=1S/C3H7ClO4S.Na.H/c4-1-3(5)2-8-9(6)7;;/h3,5H,1-2H2,(H,6,7);;/q;+1;-1/p-1. The minimum atomic E-state index is -2.56. The molecule has 1 N–H and O–H groups in total. The van der Waals surface area contributed by atoms with Crippen LogP contribution < -0.4 is 29.6 Å². The molecular formula is C3H7ClNaO4S-. The number of rotatable bonds is 4. The van der Waals surface area contributed by atoms with Gasteiger partial charge in [-0.15, -0.1) is 11.6 Å². The molecule has 2 atom stereocenters. The molecule has 4 nitrogen and oxygen atoms in total. The van der Waals surface area contributed by atoms with E-state index in [1.807, 2.05) is 0 Å². The first-order valence-corrected chi connectivity index (χ1v) is 3.67. The van der Waals surface area contributed by atoms with Crippen LogP contribution >= 0.6 is 11.6 Å². The predicted molar refractivity (Wildman–Crippen MR) is 32.7 cm³/mol. The molecule has 0 saturated heterocycles. The van der Waals surface area contributed by atoms with E-state index in [-0.39, 0.29) is 43.5 Å². The number of hydrogen-bond acceptors (Lipinski definition) is 4. The molecule has 0 rings (SSSR count). The van der Waals surface area contributed by atoms with E-state index in [2.05, 4.69) is 4.18 Å². The van der Waals surface area contributed by atoms with Gasteiger partial charge < -0.3 is 11.1 Å². The molecule has 0 aromatic carbocycles. The fourth-order valence-corrected chi connectivity index (χ4v) is 0.536. The van der Waals surface area contributed by atoms with Crippen LogP contribution in [0.5, 0.6) is 0 Å². The third-order valence-electron chi connectivity index (χ3n) is 0.535. The maximum Gasteiger partial charge on any atom is 1.00 e. The molecule has 0 fully saturated rings. The Kier molecular flexibility index (Phi) is 11.7. The summed E-state index contributed by atoms with van der Waals surface area (Å²) in [5, 5.41) is 8.58. The molecule has 0 saturated carbocycles. The Labute approximate surface area is 90.2 Å². The van der Waals surface area contributed by atoms with Crippen LogP contribution in [0.1, 0.15) is 1.43 Å². The molecule has 0 radical (unpaired) electrons. The Balaban J connectivity index is -0.000000320. The smallest absolute Gasteiger partial charge is 1.00 e. The zero-order valence-electron chi connectivity index (χ0n) is 6.45. The molecule has 10 heavy (non-hydrogen) atoms.